The first-order chi connectivity index (χ1) is 6.97. The first-order valence-electron chi connectivity index (χ1n) is 4.36. The van der Waals surface area contributed by atoms with Crippen LogP contribution in [0.2, 0.25) is 0 Å². The second-order valence-electron chi connectivity index (χ2n) is 3.07. The van der Waals surface area contributed by atoms with Crippen molar-refractivity contribution in [3.8, 4) is 0 Å². The summed E-state index contributed by atoms with van der Waals surface area (Å²) in [5.41, 5.74) is 0.548. The van der Waals surface area contributed by atoms with Crippen LogP contribution in [0.15, 0.2) is 16.6 Å². The van der Waals surface area contributed by atoms with Crippen molar-refractivity contribution in [3.05, 3.63) is 33.5 Å². The Morgan fingerprint density at radius 3 is 2.67 bits per heavy atom. The Labute approximate surface area is 94.7 Å². The van der Waals surface area contributed by atoms with Gasteiger partial charge in [-0.2, -0.15) is 0 Å². The third-order valence-corrected chi connectivity index (χ3v) is 2.63. The Bertz CT molecular complexity index is 392. The van der Waals surface area contributed by atoms with Crippen molar-refractivity contribution in [2.75, 3.05) is 0 Å². The highest BCUT2D eigenvalue weighted by Crippen LogP contribution is 2.25. The van der Waals surface area contributed by atoms with E-state index in [-0.39, 0.29) is 10.0 Å². The van der Waals surface area contributed by atoms with E-state index in [1.807, 2.05) is 0 Å². The van der Waals surface area contributed by atoms with Gasteiger partial charge >= 0.3 is 5.97 Å². The van der Waals surface area contributed by atoms with E-state index in [9.17, 15) is 14.3 Å². The minimum absolute atomic E-state index is 0.164. The third-order valence-electron chi connectivity index (χ3n) is 2.06. The zero-order chi connectivity index (χ0) is 11.6. The van der Waals surface area contributed by atoms with Gasteiger partial charge in [0, 0.05) is 0 Å². The van der Waals surface area contributed by atoms with Gasteiger partial charge in [-0.3, -0.25) is 0 Å². The van der Waals surface area contributed by atoms with Gasteiger partial charge in [0.25, 0.3) is 0 Å². The Balaban J connectivity index is 3.22. The zero-order valence-corrected chi connectivity index (χ0v) is 9.58. The number of hydrogen-bond donors (Lipinski definition) is 2. The van der Waals surface area contributed by atoms with Gasteiger partial charge in [0.15, 0.2) is 6.10 Å². The molecule has 0 aromatic heterocycles. The van der Waals surface area contributed by atoms with E-state index in [2.05, 4.69) is 15.9 Å². The number of rotatable bonds is 3. The predicted molar refractivity (Wildman–Crippen MR) is 56.1 cm³/mol. The van der Waals surface area contributed by atoms with Crippen molar-refractivity contribution >= 4 is 21.9 Å². The summed E-state index contributed by atoms with van der Waals surface area (Å²) < 4.78 is 13.5. The lowest BCUT2D eigenvalue weighted by atomic mass is 10.0. The highest BCUT2D eigenvalue weighted by atomic mass is 79.9. The molecule has 82 valence electrons. The summed E-state index contributed by atoms with van der Waals surface area (Å²) in [5, 5.41) is 17.9. The lowest BCUT2D eigenvalue weighted by Crippen LogP contribution is -2.11. The fourth-order valence-electron chi connectivity index (χ4n) is 1.23. The SMILES string of the molecule is CCc1cc(C(O)C(=O)O)cc(Br)c1F. The topological polar surface area (TPSA) is 57.5 Å². The quantitative estimate of drug-likeness (QED) is 0.891. The van der Waals surface area contributed by atoms with Gasteiger partial charge in [0.05, 0.1) is 4.47 Å². The number of aliphatic hydroxyl groups excluding tert-OH is 1. The lowest BCUT2D eigenvalue weighted by molar-refractivity contribution is -0.146. The molecule has 1 aromatic rings. The average molecular weight is 277 g/mol. The lowest BCUT2D eigenvalue weighted by Gasteiger charge is -2.09. The van der Waals surface area contributed by atoms with E-state index in [1.165, 1.54) is 12.1 Å². The maximum absolute atomic E-state index is 13.4. The smallest absolute Gasteiger partial charge is 0.337 e. The van der Waals surface area contributed by atoms with E-state index in [1.54, 1.807) is 6.92 Å². The molecule has 5 heteroatoms. The van der Waals surface area contributed by atoms with Crippen LogP contribution in [-0.2, 0) is 11.2 Å². The fraction of sp³-hybridized carbons (Fsp3) is 0.300. The van der Waals surface area contributed by atoms with Crippen LogP contribution in [-0.4, -0.2) is 16.2 Å². The molecule has 0 aliphatic carbocycles. The second kappa shape index (κ2) is 4.72. The van der Waals surface area contributed by atoms with Crippen molar-refractivity contribution in [1.29, 1.82) is 0 Å². The van der Waals surface area contributed by atoms with Crippen LogP contribution in [0.1, 0.15) is 24.2 Å². The van der Waals surface area contributed by atoms with E-state index in [0.29, 0.717) is 12.0 Å². The largest absolute Gasteiger partial charge is 0.479 e. The molecule has 2 N–H and O–H groups in total. The first kappa shape index (κ1) is 12.1. The molecule has 0 heterocycles. The van der Waals surface area contributed by atoms with Crippen LogP contribution in [0.25, 0.3) is 0 Å². The van der Waals surface area contributed by atoms with Crippen molar-refractivity contribution in [3.63, 3.8) is 0 Å². The van der Waals surface area contributed by atoms with E-state index < -0.39 is 17.9 Å². The zero-order valence-electron chi connectivity index (χ0n) is 8.00. The molecule has 1 rings (SSSR count). The molecule has 3 nitrogen and oxygen atoms in total. The molecule has 0 fully saturated rings. The number of carbonyl (C=O) groups is 1. The second-order valence-corrected chi connectivity index (χ2v) is 3.92. The van der Waals surface area contributed by atoms with Crippen molar-refractivity contribution in [1.82, 2.24) is 0 Å². The number of halogens is 2. The normalized spacial score (nSPS) is 12.5. The number of hydrogen-bond acceptors (Lipinski definition) is 2. The maximum atomic E-state index is 13.4. The monoisotopic (exact) mass is 276 g/mol. The van der Waals surface area contributed by atoms with Crippen LogP contribution in [0.3, 0.4) is 0 Å². The average Bonchev–Trinajstić information content (AvgIpc) is 2.20. The van der Waals surface area contributed by atoms with Gasteiger partial charge in [0.2, 0.25) is 0 Å². The van der Waals surface area contributed by atoms with Crippen LogP contribution in [0, 0.1) is 5.82 Å². The third kappa shape index (κ3) is 2.54. The standard InChI is InChI=1S/C10H10BrFO3/c1-2-5-3-6(9(13)10(14)15)4-7(11)8(5)12/h3-4,9,13H,2H2,1H3,(H,14,15). The molecule has 0 bridgehead atoms. The fourth-order valence-corrected chi connectivity index (χ4v) is 1.75. The molecular weight excluding hydrogens is 267 g/mol. The van der Waals surface area contributed by atoms with E-state index in [0.717, 1.165) is 0 Å². The van der Waals surface area contributed by atoms with Crippen LogP contribution in [0.4, 0.5) is 4.39 Å². The minimum Gasteiger partial charge on any atom is -0.479 e. The predicted octanol–water partition coefficient (Wildman–Crippen LogP) is 2.27. The highest BCUT2D eigenvalue weighted by Gasteiger charge is 2.18. The van der Waals surface area contributed by atoms with Gasteiger partial charge in [-0.15, -0.1) is 0 Å². The minimum atomic E-state index is -1.62. The van der Waals surface area contributed by atoms with E-state index in [4.69, 9.17) is 5.11 Å². The van der Waals surface area contributed by atoms with Gasteiger partial charge in [-0.05, 0) is 45.6 Å². The summed E-state index contributed by atoms with van der Waals surface area (Å²) in [7, 11) is 0. The van der Waals surface area contributed by atoms with Crippen LogP contribution >= 0.6 is 15.9 Å². The van der Waals surface area contributed by atoms with Crippen LogP contribution < -0.4 is 0 Å². The molecule has 0 amide bonds. The number of aliphatic hydroxyl groups is 1. The van der Waals surface area contributed by atoms with Crippen molar-refractivity contribution in [2.45, 2.75) is 19.4 Å². The molecule has 0 aliphatic rings. The molecule has 1 aromatic carbocycles. The van der Waals surface area contributed by atoms with Crippen molar-refractivity contribution in [2.24, 2.45) is 0 Å². The van der Waals surface area contributed by atoms with E-state index >= 15 is 0 Å². The number of carboxylic acid groups (broad SMARTS) is 1. The Kier molecular flexibility index (Phi) is 3.82. The Hall–Kier alpha value is -0.940. The van der Waals surface area contributed by atoms with Gasteiger partial charge in [0.1, 0.15) is 5.82 Å². The molecule has 0 radical (unpaired) electrons. The maximum Gasteiger partial charge on any atom is 0.337 e. The van der Waals surface area contributed by atoms with Crippen molar-refractivity contribution < 1.29 is 19.4 Å². The highest BCUT2D eigenvalue weighted by molar-refractivity contribution is 9.10. The number of aliphatic carboxylic acids is 1. The summed E-state index contributed by atoms with van der Waals surface area (Å²) in [6.45, 7) is 1.75. The van der Waals surface area contributed by atoms with Gasteiger partial charge in [-0.1, -0.05) is 6.92 Å². The summed E-state index contributed by atoms with van der Waals surface area (Å²) in [5.74, 6) is -1.77. The molecule has 1 unspecified atom stereocenters. The molecule has 0 spiro atoms. The molecule has 0 saturated heterocycles. The Morgan fingerprint density at radius 2 is 2.20 bits per heavy atom. The molecule has 0 aliphatic heterocycles. The van der Waals surface area contributed by atoms with Gasteiger partial charge in [-0.25, -0.2) is 9.18 Å². The molecule has 1 atom stereocenters. The molecular formula is C10H10BrFO3. The summed E-state index contributed by atoms with van der Waals surface area (Å²) in [6, 6.07) is 2.63. The number of carboxylic acids is 1. The first-order valence-corrected chi connectivity index (χ1v) is 5.15. The summed E-state index contributed by atoms with van der Waals surface area (Å²) in [4.78, 5) is 10.5. The summed E-state index contributed by atoms with van der Waals surface area (Å²) >= 11 is 2.98. The molecule has 15 heavy (non-hydrogen) atoms. The molecule has 0 saturated carbocycles. The van der Waals surface area contributed by atoms with Crippen LogP contribution in [0.5, 0.6) is 0 Å². The Morgan fingerprint density at radius 1 is 1.60 bits per heavy atom. The number of benzene rings is 1. The summed E-state index contributed by atoms with van der Waals surface area (Å²) in [6.07, 6.45) is -1.18. The number of aryl methyl sites for hydroxylation is 1. The van der Waals surface area contributed by atoms with Gasteiger partial charge < -0.3 is 10.2 Å².